The van der Waals surface area contributed by atoms with Gasteiger partial charge in [-0.3, -0.25) is 4.79 Å². The Labute approximate surface area is 108 Å². The van der Waals surface area contributed by atoms with E-state index in [1.54, 1.807) is 0 Å². The summed E-state index contributed by atoms with van der Waals surface area (Å²) < 4.78 is 0. The maximum atomic E-state index is 11.9. The predicted octanol–water partition coefficient (Wildman–Crippen LogP) is 0.249. The largest absolute Gasteiger partial charge is 0.354 e. The number of hydrogen-bond donors (Lipinski definition) is 2. The number of nitrogens with zero attached hydrogens (tertiary/aromatic N) is 1. The lowest BCUT2D eigenvalue weighted by Gasteiger charge is -2.29. The molecule has 0 aromatic heterocycles. The summed E-state index contributed by atoms with van der Waals surface area (Å²) in [6.45, 7) is 3.38. The molecular formula is C14H21N3O. The molecule has 1 atom stereocenters. The first-order valence-electron chi connectivity index (χ1n) is 6.49. The molecule has 4 nitrogen and oxygen atoms in total. The number of rotatable bonds is 4. The number of hydrogen-bond acceptors (Lipinski definition) is 3. The van der Waals surface area contributed by atoms with Crippen LogP contribution in [0.25, 0.3) is 0 Å². The first-order chi connectivity index (χ1) is 8.75. The Bertz CT molecular complexity index is 380. The zero-order valence-electron chi connectivity index (χ0n) is 10.9. The highest BCUT2D eigenvalue weighted by Crippen LogP contribution is 1.99. The number of benzene rings is 1. The fraction of sp³-hybridized carbons (Fsp3) is 0.500. The van der Waals surface area contributed by atoms with Crippen molar-refractivity contribution in [3.05, 3.63) is 35.9 Å². The summed E-state index contributed by atoms with van der Waals surface area (Å²) in [4.78, 5) is 14.1. The van der Waals surface area contributed by atoms with E-state index in [0.29, 0.717) is 6.54 Å². The van der Waals surface area contributed by atoms with Crippen LogP contribution in [0.2, 0.25) is 0 Å². The summed E-state index contributed by atoms with van der Waals surface area (Å²) in [6.07, 6.45) is 0.884. The first kappa shape index (κ1) is 13.1. The van der Waals surface area contributed by atoms with Crippen LogP contribution in [0.3, 0.4) is 0 Å². The second kappa shape index (κ2) is 6.52. The van der Waals surface area contributed by atoms with Gasteiger partial charge in [-0.25, -0.2) is 0 Å². The fourth-order valence-corrected chi connectivity index (χ4v) is 2.17. The fourth-order valence-electron chi connectivity index (χ4n) is 2.17. The summed E-state index contributed by atoms with van der Waals surface area (Å²) in [7, 11) is 2.05. The van der Waals surface area contributed by atoms with Gasteiger partial charge in [0.25, 0.3) is 0 Å². The Morgan fingerprint density at radius 3 is 2.94 bits per heavy atom. The molecule has 1 aromatic rings. The third kappa shape index (κ3) is 3.82. The van der Waals surface area contributed by atoms with Crippen molar-refractivity contribution in [1.29, 1.82) is 0 Å². The molecule has 0 saturated carbocycles. The number of piperazine rings is 1. The number of amides is 1. The van der Waals surface area contributed by atoms with E-state index in [0.717, 1.165) is 26.1 Å². The van der Waals surface area contributed by atoms with Gasteiger partial charge in [-0.1, -0.05) is 30.3 Å². The van der Waals surface area contributed by atoms with E-state index in [2.05, 4.69) is 27.7 Å². The molecule has 98 valence electrons. The molecule has 18 heavy (non-hydrogen) atoms. The van der Waals surface area contributed by atoms with E-state index in [1.807, 2.05) is 25.2 Å². The summed E-state index contributed by atoms with van der Waals surface area (Å²) in [6, 6.07) is 10.1. The lowest BCUT2D eigenvalue weighted by molar-refractivity contribution is -0.124. The van der Waals surface area contributed by atoms with Gasteiger partial charge in [-0.2, -0.15) is 0 Å². The molecule has 1 heterocycles. The van der Waals surface area contributed by atoms with Crippen LogP contribution in [0.15, 0.2) is 30.3 Å². The summed E-state index contributed by atoms with van der Waals surface area (Å²) in [5, 5.41) is 6.24. The van der Waals surface area contributed by atoms with Crippen LogP contribution in [-0.4, -0.2) is 50.1 Å². The Hall–Kier alpha value is -1.39. The summed E-state index contributed by atoms with van der Waals surface area (Å²) in [5.74, 6) is 0.109. The van der Waals surface area contributed by atoms with Crippen LogP contribution in [0.5, 0.6) is 0 Å². The van der Waals surface area contributed by atoms with Crippen LogP contribution in [-0.2, 0) is 11.2 Å². The molecule has 1 saturated heterocycles. The van der Waals surface area contributed by atoms with Crippen LogP contribution >= 0.6 is 0 Å². The van der Waals surface area contributed by atoms with E-state index in [1.165, 1.54) is 5.56 Å². The maximum Gasteiger partial charge on any atom is 0.238 e. The van der Waals surface area contributed by atoms with E-state index in [4.69, 9.17) is 0 Å². The van der Waals surface area contributed by atoms with Crippen molar-refractivity contribution in [3.63, 3.8) is 0 Å². The van der Waals surface area contributed by atoms with Gasteiger partial charge in [0, 0.05) is 26.2 Å². The number of carbonyl (C=O) groups is 1. The third-order valence-electron chi connectivity index (χ3n) is 3.25. The smallest absolute Gasteiger partial charge is 0.238 e. The standard InChI is InChI=1S/C14H21N3O/c1-17-10-9-15-13(11-17)14(18)16-8-7-12-5-3-2-4-6-12/h2-6,13,15H,7-11H2,1H3,(H,16,18). The van der Waals surface area contributed by atoms with Crippen LogP contribution in [0, 0.1) is 0 Å². The molecule has 1 aliphatic rings. The Kier molecular flexibility index (Phi) is 4.73. The molecule has 1 aliphatic heterocycles. The van der Waals surface area contributed by atoms with Gasteiger partial charge in [-0.15, -0.1) is 0 Å². The SMILES string of the molecule is CN1CCNC(C(=O)NCCc2ccccc2)C1. The number of likely N-dealkylation sites (N-methyl/N-ethyl adjacent to an activating group) is 1. The van der Waals surface area contributed by atoms with Crippen molar-refractivity contribution in [2.24, 2.45) is 0 Å². The average Bonchev–Trinajstić information content (AvgIpc) is 2.40. The Morgan fingerprint density at radius 1 is 1.44 bits per heavy atom. The molecule has 1 aromatic carbocycles. The second-order valence-electron chi connectivity index (χ2n) is 4.80. The Balaban J connectivity index is 1.71. The van der Waals surface area contributed by atoms with Gasteiger partial charge in [0.2, 0.25) is 5.91 Å². The van der Waals surface area contributed by atoms with E-state index < -0.39 is 0 Å². The van der Waals surface area contributed by atoms with Gasteiger partial charge in [0.15, 0.2) is 0 Å². The number of carbonyl (C=O) groups excluding carboxylic acids is 1. The van der Waals surface area contributed by atoms with E-state index in [-0.39, 0.29) is 11.9 Å². The highest BCUT2D eigenvalue weighted by atomic mass is 16.2. The lowest BCUT2D eigenvalue weighted by atomic mass is 10.1. The molecule has 0 bridgehead atoms. The van der Waals surface area contributed by atoms with Crippen LogP contribution in [0.1, 0.15) is 5.56 Å². The summed E-state index contributed by atoms with van der Waals surface area (Å²) in [5.41, 5.74) is 1.26. The monoisotopic (exact) mass is 247 g/mol. The lowest BCUT2D eigenvalue weighted by Crippen LogP contribution is -2.56. The molecule has 1 unspecified atom stereocenters. The molecular weight excluding hydrogens is 226 g/mol. The molecule has 0 radical (unpaired) electrons. The minimum atomic E-state index is -0.0699. The molecule has 1 fully saturated rings. The van der Waals surface area contributed by atoms with E-state index >= 15 is 0 Å². The minimum absolute atomic E-state index is 0.0699. The molecule has 1 amide bonds. The number of nitrogens with one attached hydrogen (secondary N) is 2. The topological polar surface area (TPSA) is 44.4 Å². The zero-order chi connectivity index (χ0) is 12.8. The minimum Gasteiger partial charge on any atom is -0.354 e. The van der Waals surface area contributed by atoms with Crippen molar-refractivity contribution >= 4 is 5.91 Å². The van der Waals surface area contributed by atoms with Crippen molar-refractivity contribution < 1.29 is 4.79 Å². The van der Waals surface area contributed by atoms with Gasteiger partial charge >= 0.3 is 0 Å². The molecule has 0 spiro atoms. The van der Waals surface area contributed by atoms with Gasteiger partial charge in [0.05, 0.1) is 6.04 Å². The Morgan fingerprint density at radius 2 is 2.22 bits per heavy atom. The van der Waals surface area contributed by atoms with Crippen LogP contribution < -0.4 is 10.6 Å². The van der Waals surface area contributed by atoms with Crippen molar-refractivity contribution in [3.8, 4) is 0 Å². The van der Waals surface area contributed by atoms with Gasteiger partial charge < -0.3 is 15.5 Å². The quantitative estimate of drug-likeness (QED) is 0.801. The average molecular weight is 247 g/mol. The molecule has 4 heteroatoms. The van der Waals surface area contributed by atoms with Crippen molar-refractivity contribution in [2.45, 2.75) is 12.5 Å². The summed E-state index contributed by atoms with van der Waals surface area (Å²) >= 11 is 0. The van der Waals surface area contributed by atoms with E-state index in [9.17, 15) is 4.79 Å². The third-order valence-corrected chi connectivity index (χ3v) is 3.25. The van der Waals surface area contributed by atoms with Gasteiger partial charge in [0.1, 0.15) is 0 Å². The van der Waals surface area contributed by atoms with Gasteiger partial charge in [-0.05, 0) is 19.0 Å². The molecule has 0 aliphatic carbocycles. The predicted molar refractivity (Wildman–Crippen MR) is 72.4 cm³/mol. The highest BCUT2D eigenvalue weighted by molar-refractivity contribution is 5.82. The van der Waals surface area contributed by atoms with Crippen LogP contribution in [0.4, 0.5) is 0 Å². The maximum absolute atomic E-state index is 11.9. The first-order valence-corrected chi connectivity index (χ1v) is 6.49. The molecule has 2 rings (SSSR count). The molecule has 2 N–H and O–H groups in total. The highest BCUT2D eigenvalue weighted by Gasteiger charge is 2.22. The normalized spacial score (nSPS) is 20.6. The zero-order valence-corrected chi connectivity index (χ0v) is 10.9. The second-order valence-corrected chi connectivity index (χ2v) is 4.80. The van der Waals surface area contributed by atoms with Crippen molar-refractivity contribution in [1.82, 2.24) is 15.5 Å². The van der Waals surface area contributed by atoms with Crippen molar-refractivity contribution in [2.75, 3.05) is 33.2 Å².